The van der Waals surface area contributed by atoms with Gasteiger partial charge in [0, 0.05) is 24.5 Å². The molecule has 0 spiro atoms. The molecule has 1 N–H and O–H groups in total. The van der Waals surface area contributed by atoms with E-state index in [1.54, 1.807) is 17.4 Å². The highest BCUT2D eigenvalue weighted by atomic mass is 35.5. The van der Waals surface area contributed by atoms with Gasteiger partial charge in [0.2, 0.25) is 0 Å². The van der Waals surface area contributed by atoms with Gasteiger partial charge in [-0.15, -0.1) is 11.3 Å². The molecule has 2 aromatic heterocycles. The van der Waals surface area contributed by atoms with Gasteiger partial charge in [-0.2, -0.15) is 0 Å². The van der Waals surface area contributed by atoms with Crippen molar-refractivity contribution in [2.75, 3.05) is 0 Å². The van der Waals surface area contributed by atoms with Gasteiger partial charge in [0.25, 0.3) is 0 Å². The van der Waals surface area contributed by atoms with Gasteiger partial charge in [0.15, 0.2) is 4.77 Å². The Bertz CT molecular complexity index is 774. The number of benzene rings is 1. The van der Waals surface area contributed by atoms with Crippen LogP contribution in [0.15, 0.2) is 23.7 Å². The van der Waals surface area contributed by atoms with Crippen LogP contribution in [0.5, 0.6) is 0 Å². The van der Waals surface area contributed by atoms with Crippen LogP contribution in [0, 0.1) is 4.77 Å². The standard InChI is InChI=1S/C12H9Cl2N3S2/c13-7-5-9-10(6-8(7)14)17(12(18)16-9)3-1-11-15-2-4-19-11/h2,4-6H,1,3H2,(H,16,18). The molecule has 0 aliphatic carbocycles. The molecule has 0 saturated heterocycles. The SMILES string of the molecule is S=c1[nH]c2cc(Cl)c(Cl)cc2n1CCc1nccs1. The first-order chi connectivity index (χ1) is 9.15. The Morgan fingerprint density at radius 2 is 2.11 bits per heavy atom. The molecule has 3 aromatic rings. The summed E-state index contributed by atoms with van der Waals surface area (Å²) in [5, 5.41) is 4.13. The van der Waals surface area contributed by atoms with Gasteiger partial charge < -0.3 is 9.55 Å². The van der Waals surface area contributed by atoms with Crippen molar-refractivity contribution >= 4 is 57.8 Å². The highest BCUT2D eigenvalue weighted by Crippen LogP contribution is 2.27. The number of fused-ring (bicyclic) bond motifs is 1. The van der Waals surface area contributed by atoms with E-state index in [0.29, 0.717) is 14.8 Å². The quantitative estimate of drug-likeness (QED) is 0.706. The summed E-state index contributed by atoms with van der Waals surface area (Å²) in [6.45, 7) is 0.768. The molecule has 0 amide bonds. The van der Waals surface area contributed by atoms with Crippen molar-refractivity contribution in [3.63, 3.8) is 0 Å². The van der Waals surface area contributed by atoms with Gasteiger partial charge in [-0.05, 0) is 24.4 Å². The smallest absolute Gasteiger partial charge is 0.178 e. The third-order valence-electron chi connectivity index (χ3n) is 2.85. The first-order valence-corrected chi connectivity index (χ1v) is 7.65. The number of imidazole rings is 1. The number of H-pyrrole nitrogens is 1. The monoisotopic (exact) mass is 329 g/mol. The highest BCUT2D eigenvalue weighted by molar-refractivity contribution is 7.71. The molecule has 3 nitrogen and oxygen atoms in total. The third kappa shape index (κ3) is 2.56. The highest BCUT2D eigenvalue weighted by Gasteiger charge is 2.08. The van der Waals surface area contributed by atoms with Crippen LogP contribution in [-0.4, -0.2) is 14.5 Å². The van der Waals surface area contributed by atoms with Gasteiger partial charge in [0.1, 0.15) is 0 Å². The summed E-state index contributed by atoms with van der Waals surface area (Å²) in [4.78, 5) is 7.41. The lowest BCUT2D eigenvalue weighted by Gasteiger charge is -2.03. The van der Waals surface area contributed by atoms with Crippen LogP contribution in [0.3, 0.4) is 0 Å². The molecule has 0 unspecified atom stereocenters. The number of nitrogens with zero attached hydrogens (tertiary/aromatic N) is 2. The number of hydrogen-bond donors (Lipinski definition) is 1. The lowest BCUT2D eigenvalue weighted by Crippen LogP contribution is -2.01. The van der Waals surface area contributed by atoms with Gasteiger partial charge in [-0.3, -0.25) is 0 Å². The van der Waals surface area contributed by atoms with Crippen molar-refractivity contribution in [3.05, 3.63) is 43.5 Å². The van der Waals surface area contributed by atoms with E-state index in [0.717, 1.165) is 29.0 Å². The Morgan fingerprint density at radius 1 is 1.32 bits per heavy atom. The number of nitrogens with one attached hydrogen (secondary N) is 1. The Balaban J connectivity index is 2.00. The molecule has 0 bridgehead atoms. The molecule has 19 heavy (non-hydrogen) atoms. The predicted molar refractivity (Wildman–Crippen MR) is 83.0 cm³/mol. The number of thiazole rings is 1. The molecule has 0 fully saturated rings. The molecule has 7 heteroatoms. The van der Waals surface area contributed by atoms with Crippen LogP contribution >= 0.6 is 46.8 Å². The summed E-state index contributed by atoms with van der Waals surface area (Å²) < 4.78 is 2.69. The summed E-state index contributed by atoms with van der Waals surface area (Å²) in [6, 6.07) is 3.64. The van der Waals surface area contributed by atoms with Crippen molar-refractivity contribution in [1.82, 2.24) is 14.5 Å². The zero-order valence-electron chi connectivity index (χ0n) is 9.69. The summed E-state index contributed by atoms with van der Waals surface area (Å²) in [5.74, 6) is 0. The summed E-state index contributed by atoms with van der Waals surface area (Å²) >= 11 is 19.1. The molecule has 0 aliphatic rings. The molecule has 1 aromatic carbocycles. The fourth-order valence-electron chi connectivity index (χ4n) is 1.96. The maximum Gasteiger partial charge on any atom is 0.178 e. The van der Waals surface area contributed by atoms with Crippen LogP contribution in [0.2, 0.25) is 10.0 Å². The molecule has 3 rings (SSSR count). The number of rotatable bonds is 3. The van der Waals surface area contributed by atoms with E-state index >= 15 is 0 Å². The molecule has 0 saturated carbocycles. The number of halogens is 2. The van der Waals surface area contributed by atoms with E-state index in [4.69, 9.17) is 35.4 Å². The van der Waals surface area contributed by atoms with E-state index < -0.39 is 0 Å². The largest absolute Gasteiger partial charge is 0.331 e. The van der Waals surface area contributed by atoms with Crippen LogP contribution in [0.4, 0.5) is 0 Å². The third-order valence-corrected chi connectivity index (χ3v) is 4.73. The number of aromatic nitrogens is 3. The maximum atomic E-state index is 6.07. The lowest BCUT2D eigenvalue weighted by atomic mass is 10.3. The van der Waals surface area contributed by atoms with Gasteiger partial charge in [0.05, 0.1) is 26.1 Å². The van der Waals surface area contributed by atoms with E-state index in [1.807, 2.05) is 22.2 Å². The zero-order valence-corrected chi connectivity index (χ0v) is 12.8. The van der Waals surface area contributed by atoms with Crippen LogP contribution in [-0.2, 0) is 13.0 Å². The average Bonchev–Trinajstić information content (AvgIpc) is 2.96. The minimum Gasteiger partial charge on any atom is -0.331 e. The predicted octanol–water partition coefficient (Wildman–Crippen LogP) is 4.70. The lowest BCUT2D eigenvalue weighted by molar-refractivity contribution is 0.703. The second-order valence-corrected chi connectivity index (χ2v) is 6.22. The summed E-state index contributed by atoms with van der Waals surface area (Å²) in [7, 11) is 0. The fourth-order valence-corrected chi connectivity index (χ4v) is 3.19. The van der Waals surface area contributed by atoms with Crippen molar-refractivity contribution in [2.45, 2.75) is 13.0 Å². The molecular formula is C12H9Cl2N3S2. The van der Waals surface area contributed by atoms with Gasteiger partial charge in [-0.25, -0.2) is 4.98 Å². The van der Waals surface area contributed by atoms with E-state index in [-0.39, 0.29) is 0 Å². The molecule has 0 atom stereocenters. The summed E-state index contributed by atoms with van der Waals surface area (Å²) in [6.07, 6.45) is 2.66. The fraction of sp³-hybridized carbons (Fsp3) is 0.167. The summed E-state index contributed by atoms with van der Waals surface area (Å²) in [5.41, 5.74) is 1.87. The second-order valence-electron chi connectivity index (χ2n) is 4.04. The van der Waals surface area contributed by atoms with Crippen molar-refractivity contribution in [3.8, 4) is 0 Å². The van der Waals surface area contributed by atoms with E-state index in [1.165, 1.54) is 0 Å². The normalized spacial score (nSPS) is 11.3. The van der Waals surface area contributed by atoms with Crippen LogP contribution in [0.25, 0.3) is 11.0 Å². The Morgan fingerprint density at radius 3 is 2.84 bits per heavy atom. The first-order valence-electron chi connectivity index (χ1n) is 5.61. The van der Waals surface area contributed by atoms with Gasteiger partial charge >= 0.3 is 0 Å². The molecule has 0 radical (unpaired) electrons. The number of hydrogen-bond acceptors (Lipinski definition) is 3. The molecular weight excluding hydrogens is 321 g/mol. The minimum absolute atomic E-state index is 0.525. The van der Waals surface area contributed by atoms with Crippen molar-refractivity contribution < 1.29 is 0 Å². The van der Waals surface area contributed by atoms with E-state index in [2.05, 4.69) is 9.97 Å². The van der Waals surface area contributed by atoms with Crippen LogP contribution < -0.4 is 0 Å². The van der Waals surface area contributed by atoms with Crippen molar-refractivity contribution in [1.29, 1.82) is 0 Å². The maximum absolute atomic E-state index is 6.07. The number of aryl methyl sites for hydroxylation is 2. The van der Waals surface area contributed by atoms with E-state index in [9.17, 15) is 0 Å². The molecule has 2 heterocycles. The Hall–Kier alpha value is -0.880. The minimum atomic E-state index is 0.525. The average molecular weight is 330 g/mol. The second kappa shape index (κ2) is 5.25. The Labute approximate surface area is 128 Å². The Kier molecular flexibility index (Phi) is 3.62. The number of aromatic amines is 1. The first kappa shape index (κ1) is 13.1. The molecule has 0 aliphatic heterocycles. The van der Waals surface area contributed by atoms with Gasteiger partial charge in [-0.1, -0.05) is 23.2 Å². The topological polar surface area (TPSA) is 33.6 Å². The zero-order chi connectivity index (χ0) is 13.4. The van der Waals surface area contributed by atoms with Crippen LogP contribution in [0.1, 0.15) is 5.01 Å². The molecule has 98 valence electrons. The van der Waals surface area contributed by atoms with Crippen molar-refractivity contribution in [2.24, 2.45) is 0 Å².